The molecular formula is C21H22N4O3S. The predicted molar refractivity (Wildman–Crippen MR) is 115 cm³/mol. The van der Waals surface area contributed by atoms with Gasteiger partial charge >= 0.3 is 5.97 Å². The SMILES string of the molecule is CCc1c(C)nc(-c2ccc(NC(C)=O)s2)nc1Nc1ccc(CC(=O)O)cc1. The van der Waals surface area contributed by atoms with Crippen LogP contribution in [0, 0.1) is 6.92 Å². The van der Waals surface area contributed by atoms with Crippen molar-refractivity contribution in [2.75, 3.05) is 10.6 Å². The van der Waals surface area contributed by atoms with Crippen LogP contribution in [0.15, 0.2) is 36.4 Å². The number of rotatable bonds is 7. The summed E-state index contributed by atoms with van der Waals surface area (Å²) < 4.78 is 0. The summed E-state index contributed by atoms with van der Waals surface area (Å²) in [5.41, 5.74) is 3.46. The number of nitrogens with zero attached hydrogens (tertiary/aromatic N) is 2. The number of hydrogen-bond donors (Lipinski definition) is 3. The number of carboxylic acids is 1. The number of aromatic nitrogens is 2. The monoisotopic (exact) mass is 410 g/mol. The van der Waals surface area contributed by atoms with Crippen LogP contribution in [0.1, 0.15) is 30.7 Å². The molecule has 2 heterocycles. The number of aryl methyl sites for hydroxylation is 1. The van der Waals surface area contributed by atoms with E-state index in [1.165, 1.54) is 18.3 Å². The highest BCUT2D eigenvalue weighted by Crippen LogP contribution is 2.32. The molecule has 0 aliphatic heterocycles. The van der Waals surface area contributed by atoms with Gasteiger partial charge in [-0.3, -0.25) is 9.59 Å². The van der Waals surface area contributed by atoms with Crippen molar-refractivity contribution < 1.29 is 14.7 Å². The highest BCUT2D eigenvalue weighted by Gasteiger charge is 2.14. The molecule has 0 fully saturated rings. The number of thiophene rings is 1. The molecule has 1 amide bonds. The summed E-state index contributed by atoms with van der Waals surface area (Å²) in [6.45, 7) is 5.47. The molecule has 0 aliphatic carbocycles. The normalized spacial score (nSPS) is 10.6. The zero-order valence-electron chi connectivity index (χ0n) is 16.4. The van der Waals surface area contributed by atoms with Crippen molar-refractivity contribution in [2.24, 2.45) is 0 Å². The molecule has 0 radical (unpaired) electrons. The molecule has 0 saturated heterocycles. The summed E-state index contributed by atoms with van der Waals surface area (Å²) in [6, 6.07) is 11.0. The first kappa shape index (κ1) is 20.5. The second kappa shape index (κ2) is 8.83. The third-order valence-electron chi connectivity index (χ3n) is 4.27. The Labute approximate surface area is 172 Å². The van der Waals surface area contributed by atoms with E-state index >= 15 is 0 Å². The van der Waals surface area contributed by atoms with Crippen molar-refractivity contribution in [1.82, 2.24) is 9.97 Å². The number of carbonyl (C=O) groups excluding carboxylic acids is 1. The molecule has 1 aromatic carbocycles. The Balaban J connectivity index is 1.90. The van der Waals surface area contributed by atoms with Crippen molar-refractivity contribution in [1.29, 1.82) is 0 Å². The Morgan fingerprint density at radius 1 is 1.10 bits per heavy atom. The van der Waals surface area contributed by atoms with Crippen LogP contribution in [0.25, 0.3) is 10.7 Å². The van der Waals surface area contributed by atoms with Crippen molar-refractivity contribution in [3.05, 3.63) is 53.2 Å². The molecule has 150 valence electrons. The molecule has 3 N–H and O–H groups in total. The fraction of sp³-hybridized carbons (Fsp3) is 0.238. The number of nitrogens with one attached hydrogen (secondary N) is 2. The smallest absolute Gasteiger partial charge is 0.307 e. The lowest BCUT2D eigenvalue weighted by atomic mass is 10.1. The van der Waals surface area contributed by atoms with E-state index in [-0.39, 0.29) is 12.3 Å². The fourth-order valence-corrected chi connectivity index (χ4v) is 3.84. The van der Waals surface area contributed by atoms with Gasteiger partial charge in [-0.15, -0.1) is 11.3 Å². The molecule has 29 heavy (non-hydrogen) atoms. The molecule has 0 spiro atoms. The van der Waals surface area contributed by atoms with E-state index in [1.54, 1.807) is 12.1 Å². The number of benzene rings is 1. The summed E-state index contributed by atoms with van der Waals surface area (Å²) >= 11 is 1.42. The molecule has 3 aromatic rings. The Kier molecular flexibility index (Phi) is 6.23. The minimum absolute atomic E-state index is 0.00768. The van der Waals surface area contributed by atoms with E-state index in [0.29, 0.717) is 5.82 Å². The van der Waals surface area contributed by atoms with E-state index in [2.05, 4.69) is 15.6 Å². The van der Waals surface area contributed by atoms with Crippen LogP contribution in [0.3, 0.4) is 0 Å². The van der Waals surface area contributed by atoms with Gasteiger partial charge < -0.3 is 15.7 Å². The number of anilines is 3. The average Bonchev–Trinajstić information content (AvgIpc) is 3.10. The minimum Gasteiger partial charge on any atom is -0.481 e. The molecule has 7 nitrogen and oxygen atoms in total. The first-order valence-corrected chi connectivity index (χ1v) is 10.0. The second-order valence-corrected chi connectivity index (χ2v) is 7.63. The molecule has 0 bridgehead atoms. The second-order valence-electron chi connectivity index (χ2n) is 6.55. The third-order valence-corrected chi connectivity index (χ3v) is 5.26. The average molecular weight is 410 g/mol. The van der Waals surface area contributed by atoms with Gasteiger partial charge in [0.15, 0.2) is 5.82 Å². The zero-order chi connectivity index (χ0) is 21.0. The summed E-state index contributed by atoms with van der Waals surface area (Å²) in [5, 5.41) is 15.8. The van der Waals surface area contributed by atoms with Gasteiger partial charge in [-0.05, 0) is 43.2 Å². The van der Waals surface area contributed by atoms with Gasteiger partial charge in [-0.1, -0.05) is 19.1 Å². The van der Waals surface area contributed by atoms with Gasteiger partial charge in [0.2, 0.25) is 5.91 Å². The minimum atomic E-state index is -0.857. The number of hydrogen-bond acceptors (Lipinski definition) is 6. The summed E-state index contributed by atoms with van der Waals surface area (Å²) in [6.07, 6.45) is 0.763. The summed E-state index contributed by atoms with van der Waals surface area (Å²) in [5.74, 6) is 0.330. The number of carboxylic acid groups (broad SMARTS) is 1. The fourth-order valence-electron chi connectivity index (χ4n) is 2.95. The molecule has 0 atom stereocenters. The number of amides is 1. The van der Waals surface area contributed by atoms with Gasteiger partial charge in [0, 0.05) is 23.9 Å². The van der Waals surface area contributed by atoms with E-state index < -0.39 is 5.97 Å². The highest BCUT2D eigenvalue weighted by molar-refractivity contribution is 7.19. The van der Waals surface area contributed by atoms with Gasteiger partial charge in [0.25, 0.3) is 0 Å². The number of carbonyl (C=O) groups is 2. The van der Waals surface area contributed by atoms with Gasteiger partial charge in [-0.2, -0.15) is 0 Å². The first-order chi connectivity index (χ1) is 13.9. The third kappa shape index (κ3) is 5.17. The van der Waals surface area contributed by atoms with Crippen molar-refractivity contribution in [3.8, 4) is 10.7 Å². The van der Waals surface area contributed by atoms with E-state index in [1.807, 2.05) is 38.1 Å². The summed E-state index contributed by atoms with van der Waals surface area (Å²) in [7, 11) is 0. The Bertz CT molecular complexity index is 1040. The maximum atomic E-state index is 11.3. The van der Waals surface area contributed by atoms with Crippen LogP contribution in [0.4, 0.5) is 16.5 Å². The molecule has 8 heteroatoms. The van der Waals surface area contributed by atoms with Crippen LogP contribution in [0.5, 0.6) is 0 Å². The van der Waals surface area contributed by atoms with Gasteiger partial charge in [0.05, 0.1) is 16.3 Å². The molecule has 0 unspecified atom stereocenters. The molecule has 2 aromatic heterocycles. The van der Waals surface area contributed by atoms with Crippen LogP contribution >= 0.6 is 11.3 Å². The lowest BCUT2D eigenvalue weighted by molar-refractivity contribution is -0.136. The quantitative estimate of drug-likeness (QED) is 0.533. The van der Waals surface area contributed by atoms with Crippen LogP contribution in [-0.2, 0) is 22.4 Å². The zero-order valence-corrected chi connectivity index (χ0v) is 17.3. The predicted octanol–water partition coefficient (Wildman–Crippen LogP) is 4.41. The molecule has 0 saturated carbocycles. The van der Waals surface area contributed by atoms with Crippen molar-refractivity contribution in [3.63, 3.8) is 0 Å². The first-order valence-electron chi connectivity index (χ1n) is 9.18. The lowest BCUT2D eigenvalue weighted by Crippen LogP contribution is -2.05. The Morgan fingerprint density at radius 2 is 1.83 bits per heavy atom. The van der Waals surface area contributed by atoms with Gasteiger partial charge in [0.1, 0.15) is 5.82 Å². The summed E-state index contributed by atoms with van der Waals surface area (Å²) in [4.78, 5) is 32.3. The van der Waals surface area contributed by atoms with Crippen LogP contribution in [0.2, 0.25) is 0 Å². The highest BCUT2D eigenvalue weighted by atomic mass is 32.1. The van der Waals surface area contributed by atoms with Crippen LogP contribution in [-0.4, -0.2) is 27.0 Å². The van der Waals surface area contributed by atoms with E-state index in [4.69, 9.17) is 10.1 Å². The Hall–Kier alpha value is -3.26. The van der Waals surface area contributed by atoms with Crippen molar-refractivity contribution in [2.45, 2.75) is 33.6 Å². The molecule has 0 aliphatic rings. The maximum absolute atomic E-state index is 11.3. The molecular weight excluding hydrogens is 388 g/mol. The maximum Gasteiger partial charge on any atom is 0.307 e. The lowest BCUT2D eigenvalue weighted by Gasteiger charge is -2.14. The van der Waals surface area contributed by atoms with Crippen LogP contribution < -0.4 is 10.6 Å². The van der Waals surface area contributed by atoms with Gasteiger partial charge in [-0.25, -0.2) is 9.97 Å². The molecule has 3 rings (SSSR count). The van der Waals surface area contributed by atoms with Crippen molar-refractivity contribution >= 4 is 39.7 Å². The Morgan fingerprint density at radius 3 is 2.45 bits per heavy atom. The van der Waals surface area contributed by atoms with E-state index in [9.17, 15) is 9.59 Å². The standard InChI is InChI=1S/C21H22N4O3S/c1-4-16-12(2)22-21(17-9-10-18(29-17)23-13(3)26)25-20(16)24-15-7-5-14(6-8-15)11-19(27)28/h5-10H,4,11H2,1-3H3,(H,23,26)(H,27,28)(H,22,24,25). The van der Waals surface area contributed by atoms with E-state index in [0.717, 1.165) is 44.6 Å². The number of aliphatic carboxylic acids is 1. The largest absolute Gasteiger partial charge is 0.481 e. The topological polar surface area (TPSA) is 104 Å².